The molecule has 0 fully saturated rings. The summed E-state index contributed by atoms with van der Waals surface area (Å²) in [4.78, 5) is 23.6. The van der Waals surface area contributed by atoms with E-state index in [-0.39, 0.29) is 21.3 Å². The molecule has 0 unspecified atom stereocenters. The number of anilines is 1. The zero-order valence-electron chi connectivity index (χ0n) is 10.5. The molecule has 0 aliphatic heterocycles. The normalized spacial score (nSPS) is 10.0. The van der Waals surface area contributed by atoms with Gasteiger partial charge in [0.15, 0.2) is 0 Å². The first-order valence-corrected chi connectivity index (χ1v) is 6.55. The third kappa shape index (κ3) is 3.71. The average molecular weight is 327 g/mol. The number of rotatable bonds is 2. The van der Waals surface area contributed by atoms with Crippen LogP contribution in [0.2, 0.25) is 10.0 Å². The zero-order valence-corrected chi connectivity index (χ0v) is 12.0. The Hall–Kier alpha value is -2.11. The average Bonchev–Trinajstić information content (AvgIpc) is 2.41. The van der Waals surface area contributed by atoms with Crippen molar-refractivity contribution < 1.29 is 14.0 Å². The van der Waals surface area contributed by atoms with Gasteiger partial charge in [-0.1, -0.05) is 41.4 Å². The van der Waals surface area contributed by atoms with E-state index in [2.05, 4.69) is 5.32 Å². The van der Waals surface area contributed by atoms with Crippen LogP contribution in [-0.4, -0.2) is 11.9 Å². The Morgan fingerprint density at radius 1 is 0.952 bits per heavy atom. The molecule has 4 nitrogen and oxygen atoms in total. The van der Waals surface area contributed by atoms with E-state index in [4.69, 9.17) is 23.2 Å². The van der Waals surface area contributed by atoms with Gasteiger partial charge in [-0.3, -0.25) is 10.1 Å². The van der Waals surface area contributed by atoms with Crippen LogP contribution in [0.15, 0.2) is 42.5 Å². The lowest BCUT2D eigenvalue weighted by atomic mass is 10.2. The summed E-state index contributed by atoms with van der Waals surface area (Å²) in [6.07, 6.45) is 0. The van der Waals surface area contributed by atoms with Crippen molar-refractivity contribution in [3.8, 4) is 0 Å². The van der Waals surface area contributed by atoms with E-state index in [0.29, 0.717) is 0 Å². The molecule has 0 aliphatic carbocycles. The molecule has 0 heterocycles. The Bertz CT molecular complexity index is 687. The van der Waals surface area contributed by atoms with Gasteiger partial charge in [0.25, 0.3) is 5.91 Å². The number of carbonyl (C=O) groups excluding carboxylic acids is 2. The fraction of sp³-hybridized carbons (Fsp3) is 0. The molecule has 0 spiro atoms. The molecule has 0 aliphatic rings. The fourth-order valence-corrected chi connectivity index (χ4v) is 2.17. The second kappa shape index (κ2) is 6.56. The lowest BCUT2D eigenvalue weighted by molar-refractivity contribution is 0.0967. The summed E-state index contributed by atoms with van der Waals surface area (Å²) in [5.41, 5.74) is -0.0717. The molecular formula is C14H9Cl2FN2O2. The highest BCUT2D eigenvalue weighted by molar-refractivity contribution is 6.40. The predicted molar refractivity (Wildman–Crippen MR) is 79.3 cm³/mol. The maximum absolute atomic E-state index is 13.4. The van der Waals surface area contributed by atoms with Crippen LogP contribution in [0.4, 0.5) is 14.9 Å². The first-order chi connectivity index (χ1) is 9.99. The molecule has 21 heavy (non-hydrogen) atoms. The number of benzene rings is 2. The third-order valence-electron chi connectivity index (χ3n) is 2.54. The molecule has 2 aromatic carbocycles. The molecule has 108 valence electrons. The minimum Gasteiger partial charge on any atom is -0.305 e. The zero-order chi connectivity index (χ0) is 15.4. The summed E-state index contributed by atoms with van der Waals surface area (Å²) in [6, 6.07) is 9.19. The molecule has 2 N–H and O–H groups in total. The molecule has 0 saturated carbocycles. The largest absolute Gasteiger partial charge is 0.326 e. The van der Waals surface area contributed by atoms with Crippen molar-refractivity contribution in [3.63, 3.8) is 0 Å². The quantitative estimate of drug-likeness (QED) is 0.873. The highest BCUT2D eigenvalue weighted by atomic mass is 35.5. The number of halogens is 3. The highest BCUT2D eigenvalue weighted by Gasteiger charge is 2.17. The van der Waals surface area contributed by atoms with Gasteiger partial charge in [0.2, 0.25) is 0 Å². The number of hydrogen-bond donors (Lipinski definition) is 2. The molecule has 0 aromatic heterocycles. The summed E-state index contributed by atoms with van der Waals surface area (Å²) in [6.45, 7) is 0. The van der Waals surface area contributed by atoms with Gasteiger partial charge in [-0.25, -0.2) is 9.18 Å². The molecule has 2 rings (SSSR count). The summed E-state index contributed by atoms with van der Waals surface area (Å²) in [5.74, 6) is -1.39. The summed E-state index contributed by atoms with van der Waals surface area (Å²) < 4.78 is 13.4. The van der Waals surface area contributed by atoms with Gasteiger partial charge in [-0.05, 0) is 24.3 Å². The van der Waals surface area contributed by atoms with Crippen LogP contribution < -0.4 is 10.6 Å². The first kappa shape index (κ1) is 15.3. The Morgan fingerprint density at radius 2 is 1.57 bits per heavy atom. The number of hydrogen-bond acceptors (Lipinski definition) is 2. The van der Waals surface area contributed by atoms with Crippen LogP contribution in [0, 0.1) is 5.82 Å². The van der Waals surface area contributed by atoms with Gasteiger partial charge in [0.05, 0.1) is 21.3 Å². The second-order valence-electron chi connectivity index (χ2n) is 3.98. The summed E-state index contributed by atoms with van der Waals surface area (Å²) in [5, 5.41) is 4.47. The minimum absolute atomic E-state index is 0.0236. The topological polar surface area (TPSA) is 58.2 Å². The fourth-order valence-electron chi connectivity index (χ4n) is 1.60. The lowest BCUT2D eigenvalue weighted by Crippen LogP contribution is -2.34. The second-order valence-corrected chi connectivity index (χ2v) is 4.80. The van der Waals surface area contributed by atoms with Gasteiger partial charge >= 0.3 is 6.03 Å². The number of para-hydroxylation sites is 1. The van der Waals surface area contributed by atoms with Crippen LogP contribution in [-0.2, 0) is 0 Å². The van der Waals surface area contributed by atoms with Gasteiger partial charge in [-0.15, -0.1) is 0 Å². The molecule has 0 saturated heterocycles. The van der Waals surface area contributed by atoms with Crippen LogP contribution in [0.25, 0.3) is 0 Å². The number of imide groups is 1. The molecule has 3 amide bonds. The van der Waals surface area contributed by atoms with E-state index in [1.807, 2.05) is 5.32 Å². The highest BCUT2D eigenvalue weighted by Crippen LogP contribution is 2.24. The lowest BCUT2D eigenvalue weighted by Gasteiger charge is -2.09. The van der Waals surface area contributed by atoms with Gasteiger partial charge < -0.3 is 5.32 Å². The van der Waals surface area contributed by atoms with E-state index in [1.54, 1.807) is 12.1 Å². The number of carbonyl (C=O) groups is 2. The molecule has 7 heteroatoms. The van der Waals surface area contributed by atoms with E-state index in [9.17, 15) is 14.0 Å². The monoisotopic (exact) mass is 326 g/mol. The number of nitrogens with one attached hydrogen (secondary N) is 2. The van der Waals surface area contributed by atoms with E-state index < -0.39 is 17.8 Å². The van der Waals surface area contributed by atoms with E-state index >= 15 is 0 Å². The smallest absolute Gasteiger partial charge is 0.305 e. The van der Waals surface area contributed by atoms with Crippen molar-refractivity contribution in [2.45, 2.75) is 0 Å². The standard InChI is InChI=1S/C14H9Cl2FN2O2/c15-8-4-3-5-9(16)12(8)13(20)19-14(21)18-11-7-2-1-6-10(11)17/h1-7H,(H2,18,19,20,21). The van der Waals surface area contributed by atoms with Crippen LogP contribution in [0.5, 0.6) is 0 Å². The van der Waals surface area contributed by atoms with Crippen molar-refractivity contribution in [2.75, 3.05) is 5.32 Å². The Balaban J connectivity index is 2.10. The van der Waals surface area contributed by atoms with Crippen LogP contribution in [0.1, 0.15) is 10.4 Å². The van der Waals surface area contributed by atoms with Crippen molar-refractivity contribution in [3.05, 3.63) is 63.9 Å². The van der Waals surface area contributed by atoms with Crippen LogP contribution >= 0.6 is 23.2 Å². The van der Waals surface area contributed by atoms with Crippen molar-refractivity contribution >= 4 is 40.8 Å². The molecular weight excluding hydrogens is 318 g/mol. The van der Waals surface area contributed by atoms with Gasteiger partial charge in [0, 0.05) is 0 Å². The number of urea groups is 1. The SMILES string of the molecule is O=C(NC(=O)c1c(Cl)cccc1Cl)Nc1ccccc1F. The Labute approximate surface area is 129 Å². The van der Waals surface area contributed by atoms with Crippen molar-refractivity contribution in [1.82, 2.24) is 5.32 Å². The minimum atomic E-state index is -0.888. The summed E-state index contributed by atoms with van der Waals surface area (Å²) >= 11 is 11.7. The molecule has 0 atom stereocenters. The number of amides is 3. The van der Waals surface area contributed by atoms with Gasteiger partial charge in [0.1, 0.15) is 5.82 Å². The maximum atomic E-state index is 13.4. The van der Waals surface area contributed by atoms with Crippen LogP contribution in [0.3, 0.4) is 0 Å². The van der Waals surface area contributed by atoms with Crippen molar-refractivity contribution in [2.24, 2.45) is 0 Å². The first-order valence-electron chi connectivity index (χ1n) is 5.80. The van der Waals surface area contributed by atoms with Gasteiger partial charge in [-0.2, -0.15) is 0 Å². The summed E-state index contributed by atoms with van der Waals surface area (Å²) in [7, 11) is 0. The van der Waals surface area contributed by atoms with Crippen molar-refractivity contribution in [1.29, 1.82) is 0 Å². The Kier molecular flexibility index (Phi) is 4.77. The molecule has 0 bridgehead atoms. The molecule has 0 radical (unpaired) electrons. The van der Waals surface area contributed by atoms with E-state index in [1.165, 1.54) is 30.3 Å². The maximum Gasteiger partial charge on any atom is 0.326 e. The Morgan fingerprint density at radius 3 is 2.19 bits per heavy atom. The third-order valence-corrected chi connectivity index (χ3v) is 3.17. The molecule has 2 aromatic rings. The van der Waals surface area contributed by atoms with E-state index in [0.717, 1.165) is 0 Å². The predicted octanol–water partition coefficient (Wildman–Crippen LogP) is 4.09.